The van der Waals surface area contributed by atoms with Crippen LogP contribution in [0.2, 0.25) is 0 Å². The number of benzene rings is 5. The monoisotopic (exact) mass is 754 g/mol. The third-order valence-electron chi connectivity index (χ3n) is 8.02. The van der Waals surface area contributed by atoms with Gasteiger partial charge in [0.25, 0.3) is 23.2 Å². The molecule has 5 aromatic rings. The van der Waals surface area contributed by atoms with Crippen LogP contribution in [0.25, 0.3) is 12.2 Å². The van der Waals surface area contributed by atoms with Crippen molar-refractivity contribution in [2.45, 2.75) is 0 Å². The molecule has 5 aromatic carbocycles. The van der Waals surface area contributed by atoms with Crippen molar-refractivity contribution in [3.63, 3.8) is 0 Å². The predicted octanol–water partition coefficient (Wildman–Crippen LogP) is 7.20. The molecular weight excluding hydrogens is 728 g/mol. The van der Waals surface area contributed by atoms with Crippen molar-refractivity contribution in [1.29, 1.82) is 0 Å². The van der Waals surface area contributed by atoms with Gasteiger partial charge in [-0.1, -0.05) is 36.4 Å². The van der Waals surface area contributed by atoms with E-state index in [0.717, 1.165) is 36.4 Å². The Balaban J connectivity index is 1.15. The number of hydrogen-bond donors (Lipinski definition) is 4. The number of carboxylic acid groups (broad SMARTS) is 2. The van der Waals surface area contributed by atoms with Crippen molar-refractivity contribution < 1.29 is 48.8 Å². The van der Waals surface area contributed by atoms with Gasteiger partial charge >= 0.3 is 11.9 Å². The van der Waals surface area contributed by atoms with Crippen molar-refractivity contribution in [3.8, 4) is 0 Å². The summed E-state index contributed by atoms with van der Waals surface area (Å²) in [5, 5.41) is 45.9. The minimum absolute atomic E-state index is 0.221. The van der Waals surface area contributed by atoms with Crippen LogP contribution in [0.15, 0.2) is 121 Å². The molecule has 0 radical (unpaired) electrons. The number of allylic oxidation sites excluding steroid dienone is 2. The molecule has 16 heteroatoms. The Hall–Kier alpha value is -8.40. The fourth-order valence-corrected chi connectivity index (χ4v) is 5.13. The molecule has 0 aliphatic heterocycles. The van der Waals surface area contributed by atoms with E-state index < -0.39 is 67.2 Å². The van der Waals surface area contributed by atoms with E-state index in [1.54, 1.807) is 36.4 Å². The van der Waals surface area contributed by atoms with Crippen LogP contribution in [0.5, 0.6) is 0 Å². The second-order valence-electron chi connectivity index (χ2n) is 11.7. The van der Waals surface area contributed by atoms with Crippen molar-refractivity contribution in [2.24, 2.45) is 0 Å². The summed E-state index contributed by atoms with van der Waals surface area (Å²) in [4.78, 5) is 94.8. The number of nitrogens with zero attached hydrogens (tertiary/aromatic N) is 2. The molecule has 0 saturated heterocycles. The van der Waals surface area contributed by atoms with Crippen LogP contribution >= 0.6 is 0 Å². The first-order chi connectivity index (χ1) is 26.7. The first kappa shape index (κ1) is 38.8. The van der Waals surface area contributed by atoms with Gasteiger partial charge in [0.1, 0.15) is 0 Å². The molecule has 0 spiro atoms. The SMILES string of the molecule is O=C(/C=C/c1ccc(/C=C/C(=O)c2ccc(NC(=O)c3cc([N+](=O)[O-])ccc3C(=O)O)cc2)cc1)c1ccc(NC(=O)c2cc([N+](=O)[O-])ccc2C(=O)O)cc1. The Morgan fingerprint density at radius 1 is 0.482 bits per heavy atom. The Morgan fingerprint density at radius 2 is 0.821 bits per heavy atom. The molecule has 16 nitrogen and oxygen atoms in total. The van der Waals surface area contributed by atoms with Crippen LogP contribution in [0.3, 0.4) is 0 Å². The lowest BCUT2D eigenvalue weighted by molar-refractivity contribution is -0.385. The normalized spacial score (nSPS) is 10.9. The molecule has 4 N–H and O–H groups in total. The lowest BCUT2D eigenvalue weighted by Gasteiger charge is -2.08. The number of rotatable bonds is 14. The standard InChI is InChI=1S/C40H26N4O12/c45-35(25-7-11-27(12-8-25)41-37(47)33-21-29(43(53)54)15-17-31(33)39(49)50)19-5-23-1-2-24(4-3-23)6-20-36(46)26-9-13-28(14-10-26)42-38(48)34-22-30(44(55)56)16-18-32(34)40(51)52/h1-22H,(H,41,47)(H,42,48)(H,49,50)(H,51,52)/b19-5+,20-6+. The van der Waals surface area contributed by atoms with E-state index in [-0.39, 0.29) is 34.1 Å². The van der Waals surface area contributed by atoms with E-state index in [1.165, 1.54) is 60.7 Å². The van der Waals surface area contributed by atoms with E-state index in [9.17, 15) is 59.2 Å². The van der Waals surface area contributed by atoms with Crippen LogP contribution in [-0.4, -0.2) is 55.4 Å². The number of anilines is 2. The molecule has 0 atom stereocenters. The Labute approximate surface area is 315 Å². The topological polar surface area (TPSA) is 253 Å². The summed E-state index contributed by atoms with van der Waals surface area (Å²) >= 11 is 0. The molecule has 0 aliphatic carbocycles. The van der Waals surface area contributed by atoms with Gasteiger partial charge in [0.2, 0.25) is 0 Å². The minimum atomic E-state index is -1.43. The molecule has 278 valence electrons. The Bertz CT molecular complexity index is 2310. The number of amides is 2. The van der Waals surface area contributed by atoms with Crippen LogP contribution in [-0.2, 0) is 0 Å². The Morgan fingerprint density at radius 3 is 1.12 bits per heavy atom. The van der Waals surface area contributed by atoms with E-state index >= 15 is 0 Å². The van der Waals surface area contributed by atoms with Gasteiger partial charge < -0.3 is 20.8 Å². The lowest BCUT2D eigenvalue weighted by atomic mass is 10.0. The zero-order chi connectivity index (χ0) is 40.5. The average Bonchev–Trinajstić information content (AvgIpc) is 3.19. The summed E-state index contributed by atoms with van der Waals surface area (Å²) in [7, 11) is 0. The smallest absolute Gasteiger partial charge is 0.336 e. The van der Waals surface area contributed by atoms with Gasteiger partial charge in [-0.15, -0.1) is 0 Å². The number of hydrogen-bond acceptors (Lipinski definition) is 10. The van der Waals surface area contributed by atoms with Crippen LogP contribution in [0, 0.1) is 20.2 Å². The highest BCUT2D eigenvalue weighted by Crippen LogP contribution is 2.22. The molecule has 0 unspecified atom stereocenters. The largest absolute Gasteiger partial charge is 0.478 e. The number of nitrogens with one attached hydrogen (secondary N) is 2. The number of carbonyl (C=O) groups excluding carboxylic acids is 4. The number of nitro benzene ring substituents is 2. The number of aromatic carboxylic acids is 2. The average molecular weight is 755 g/mol. The van der Waals surface area contributed by atoms with Crippen LogP contribution in [0.4, 0.5) is 22.7 Å². The molecule has 0 aliphatic rings. The summed E-state index contributed by atoms with van der Waals surface area (Å²) in [5.41, 5.74) is -0.182. The minimum Gasteiger partial charge on any atom is -0.478 e. The molecule has 5 rings (SSSR count). The van der Waals surface area contributed by atoms with Gasteiger partial charge in [-0.25, -0.2) is 9.59 Å². The van der Waals surface area contributed by atoms with Gasteiger partial charge in [0.05, 0.1) is 32.1 Å². The summed E-state index contributed by atoms with van der Waals surface area (Å²) in [5.74, 6) is -5.35. The molecule has 2 amide bonds. The number of carbonyl (C=O) groups is 6. The van der Waals surface area contributed by atoms with E-state index in [1.807, 2.05) is 0 Å². The third-order valence-corrected chi connectivity index (χ3v) is 8.02. The van der Waals surface area contributed by atoms with Crippen LogP contribution < -0.4 is 10.6 Å². The summed E-state index contributed by atoms with van der Waals surface area (Å²) in [6.45, 7) is 0. The second kappa shape index (κ2) is 17.0. The molecule has 0 fully saturated rings. The van der Waals surface area contributed by atoms with E-state index in [2.05, 4.69) is 10.6 Å². The summed E-state index contributed by atoms with van der Waals surface area (Å²) < 4.78 is 0. The number of nitro groups is 2. The lowest BCUT2D eigenvalue weighted by Crippen LogP contribution is -2.17. The third kappa shape index (κ3) is 9.52. The van der Waals surface area contributed by atoms with Crippen LogP contribution in [0.1, 0.15) is 73.3 Å². The molecule has 0 bridgehead atoms. The maximum Gasteiger partial charge on any atom is 0.336 e. The van der Waals surface area contributed by atoms with Gasteiger partial charge in [0, 0.05) is 46.8 Å². The van der Waals surface area contributed by atoms with Gasteiger partial charge in [-0.05, 0) is 83.9 Å². The fourth-order valence-electron chi connectivity index (χ4n) is 5.13. The van der Waals surface area contributed by atoms with Gasteiger partial charge in [-0.3, -0.25) is 39.4 Å². The van der Waals surface area contributed by atoms with Crippen molar-refractivity contribution in [1.82, 2.24) is 0 Å². The van der Waals surface area contributed by atoms with Gasteiger partial charge in [-0.2, -0.15) is 0 Å². The maximum absolute atomic E-state index is 12.8. The fraction of sp³-hybridized carbons (Fsp3) is 0. The molecule has 0 aromatic heterocycles. The predicted molar refractivity (Wildman–Crippen MR) is 202 cm³/mol. The molecule has 0 saturated carbocycles. The first-order valence-corrected chi connectivity index (χ1v) is 16.1. The zero-order valence-corrected chi connectivity index (χ0v) is 28.6. The molecular formula is C40H26N4O12. The van der Waals surface area contributed by atoms with E-state index in [0.29, 0.717) is 11.1 Å². The zero-order valence-electron chi connectivity index (χ0n) is 28.6. The molecule has 0 heterocycles. The second-order valence-corrected chi connectivity index (χ2v) is 11.7. The number of non-ortho nitro benzene ring substituents is 2. The van der Waals surface area contributed by atoms with Crippen molar-refractivity contribution in [3.05, 3.63) is 186 Å². The maximum atomic E-state index is 12.8. The summed E-state index contributed by atoms with van der Waals surface area (Å²) in [6, 6.07) is 24.0. The first-order valence-electron chi connectivity index (χ1n) is 16.1. The molecule has 56 heavy (non-hydrogen) atoms. The highest BCUT2D eigenvalue weighted by molar-refractivity contribution is 6.13. The highest BCUT2D eigenvalue weighted by Gasteiger charge is 2.22. The highest BCUT2D eigenvalue weighted by atomic mass is 16.6. The summed E-state index contributed by atoms with van der Waals surface area (Å²) in [6.07, 6.45) is 5.83. The quantitative estimate of drug-likeness (QED) is 0.0380. The Kier molecular flexibility index (Phi) is 11.8. The van der Waals surface area contributed by atoms with E-state index in [4.69, 9.17) is 0 Å². The van der Waals surface area contributed by atoms with Crippen molar-refractivity contribution >= 4 is 70.2 Å². The van der Waals surface area contributed by atoms with Crippen molar-refractivity contribution in [2.75, 3.05) is 10.6 Å². The number of carboxylic acids is 2. The van der Waals surface area contributed by atoms with Gasteiger partial charge in [0.15, 0.2) is 11.6 Å². The number of ketones is 2.